The largest absolute Gasteiger partial charge is 0.480 e. The van der Waals surface area contributed by atoms with E-state index in [1.54, 1.807) is 4.90 Å². The molecule has 0 bridgehead atoms. The molecule has 6 nitrogen and oxygen atoms in total. The predicted octanol–water partition coefficient (Wildman–Crippen LogP) is 1.92. The van der Waals surface area contributed by atoms with Crippen molar-refractivity contribution in [2.75, 3.05) is 19.7 Å². The molecule has 2 rings (SSSR count). The number of amides is 1. The molecule has 0 aromatic heterocycles. The lowest BCUT2D eigenvalue weighted by atomic mass is 9.90. The zero-order chi connectivity index (χ0) is 17.2. The number of rotatable bonds is 6. The highest BCUT2D eigenvalue weighted by molar-refractivity contribution is 6.06. The van der Waals surface area contributed by atoms with E-state index in [2.05, 4.69) is 30.3 Å². The SMILES string of the molecule is C=C(OCC)N1CCC(N2C(=O)C(C)(CC(C)C)N=C2N)CC1. The summed E-state index contributed by atoms with van der Waals surface area (Å²) in [6.45, 7) is 14.3. The Bertz CT molecular complexity index is 495. The molecule has 1 amide bonds. The van der Waals surface area contributed by atoms with Gasteiger partial charge in [-0.1, -0.05) is 13.8 Å². The van der Waals surface area contributed by atoms with Crippen LogP contribution in [-0.2, 0) is 9.53 Å². The molecule has 0 aromatic rings. The van der Waals surface area contributed by atoms with Gasteiger partial charge in [0, 0.05) is 19.1 Å². The molecular formula is C17H30N4O2. The average molecular weight is 322 g/mol. The molecule has 6 heteroatoms. The first-order valence-corrected chi connectivity index (χ1v) is 8.54. The van der Waals surface area contributed by atoms with Gasteiger partial charge in [-0.05, 0) is 45.6 Å². The van der Waals surface area contributed by atoms with E-state index >= 15 is 0 Å². The maximum atomic E-state index is 12.9. The van der Waals surface area contributed by atoms with E-state index in [4.69, 9.17) is 10.5 Å². The summed E-state index contributed by atoms with van der Waals surface area (Å²) in [6, 6.07) is 0.117. The second-order valence-corrected chi connectivity index (χ2v) is 7.06. The summed E-state index contributed by atoms with van der Waals surface area (Å²) in [4.78, 5) is 21.2. The van der Waals surface area contributed by atoms with Crippen LogP contribution in [0.2, 0.25) is 0 Å². The van der Waals surface area contributed by atoms with Gasteiger partial charge in [0.05, 0.1) is 6.61 Å². The van der Waals surface area contributed by atoms with Crippen LogP contribution < -0.4 is 5.73 Å². The van der Waals surface area contributed by atoms with Crippen LogP contribution in [0.3, 0.4) is 0 Å². The van der Waals surface area contributed by atoms with Crippen LogP contribution in [-0.4, -0.2) is 52.9 Å². The standard InChI is InChI=1S/C17H30N4O2/c1-6-23-13(4)20-9-7-14(8-10-20)21-15(22)17(5,11-12(2)3)19-16(21)18/h12,14H,4,6-11H2,1-3,5H3,(H2,18,19). The van der Waals surface area contributed by atoms with Gasteiger partial charge in [0.25, 0.3) is 5.91 Å². The summed E-state index contributed by atoms with van der Waals surface area (Å²) in [6.07, 6.45) is 2.43. The van der Waals surface area contributed by atoms with Crippen molar-refractivity contribution in [3.8, 4) is 0 Å². The Hall–Kier alpha value is -1.72. The minimum Gasteiger partial charge on any atom is -0.480 e. The van der Waals surface area contributed by atoms with E-state index in [-0.39, 0.29) is 11.9 Å². The Kier molecular flexibility index (Phi) is 5.22. The maximum Gasteiger partial charge on any atom is 0.257 e. The van der Waals surface area contributed by atoms with Crippen LogP contribution in [0.5, 0.6) is 0 Å². The highest BCUT2D eigenvalue weighted by Gasteiger charge is 2.47. The summed E-state index contributed by atoms with van der Waals surface area (Å²) in [5.74, 6) is 1.54. The van der Waals surface area contributed by atoms with Gasteiger partial charge in [-0.25, -0.2) is 4.99 Å². The summed E-state index contributed by atoms with van der Waals surface area (Å²) in [5.41, 5.74) is 5.39. The normalized spacial score (nSPS) is 26.0. The molecule has 0 aliphatic carbocycles. The monoisotopic (exact) mass is 322 g/mol. The van der Waals surface area contributed by atoms with Crippen LogP contribution >= 0.6 is 0 Å². The van der Waals surface area contributed by atoms with Crippen molar-refractivity contribution in [1.82, 2.24) is 9.80 Å². The number of guanidine groups is 1. The quantitative estimate of drug-likeness (QED) is 0.758. The van der Waals surface area contributed by atoms with Gasteiger partial charge in [-0.15, -0.1) is 0 Å². The van der Waals surface area contributed by atoms with Gasteiger partial charge >= 0.3 is 0 Å². The zero-order valence-electron chi connectivity index (χ0n) is 14.8. The Morgan fingerprint density at radius 3 is 2.61 bits per heavy atom. The number of aliphatic imine (C=N–C) groups is 1. The van der Waals surface area contributed by atoms with Gasteiger partial charge in [0.1, 0.15) is 5.54 Å². The lowest BCUT2D eigenvalue weighted by Gasteiger charge is -2.38. The third kappa shape index (κ3) is 3.62. The number of hydrogen-bond donors (Lipinski definition) is 1. The van der Waals surface area contributed by atoms with Gasteiger partial charge in [-0.3, -0.25) is 9.69 Å². The number of nitrogens with zero attached hydrogens (tertiary/aromatic N) is 3. The van der Waals surface area contributed by atoms with E-state index < -0.39 is 5.54 Å². The van der Waals surface area contributed by atoms with E-state index in [1.165, 1.54) is 0 Å². The maximum absolute atomic E-state index is 12.9. The van der Waals surface area contributed by atoms with Crippen molar-refractivity contribution in [3.63, 3.8) is 0 Å². The number of hydrogen-bond acceptors (Lipinski definition) is 5. The predicted molar refractivity (Wildman–Crippen MR) is 91.7 cm³/mol. The van der Waals surface area contributed by atoms with E-state index in [9.17, 15) is 4.79 Å². The molecule has 1 atom stereocenters. The second-order valence-electron chi connectivity index (χ2n) is 7.06. The molecule has 2 aliphatic heterocycles. The summed E-state index contributed by atoms with van der Waals surface area (Å²) in [7, 11) is 0. The fraction of sp³-hybridized carbons (Fsp3) is 0.765. The smallest absolute Gasteiger partial charge is 0.257 e. The minimum absolute atomic E-state index is 0.0470. The van der Waals surface area contributed by atoms with Crippen molar-refractivity contribution in [2.45, 2.75) is 58.5 Å². The van der Waals surface area contributed by atoms with E-state index in [1.807, 2.05) is 13.8 Å². The number of piperidine rings is 1. The molecule has 0 aromatic carbocycles. The fourth-order valence-corrected chi connectivity index (χ4v) is 3.63. The van der Waals surface area contributed by atoms with Crippen LogP contribution in [0.15, 0.2) is 17.5 Å². The lowest BCUT2D eigenvalue weighted by Crippen LogP contribution is -2.52. The molecule has 1 unspecified atom stereocenters. The minimum atomic E-state index is -0.704. The van der Waals surface area contributed by atoms with Gasteiger partial charge in [0.2, 0.25) is 0 Å². The average Bonchev–Trinajstić information content (AvgIpc) is 2.68. The number of likely N-dealkylation sites (tertiary alicyclic amines) is 1. The topological polar surface area (TPSA) is 71.2 Å². The first kappa shape index (κ1) is 17.6. The molecule has 0 radical (unpaired) electrons. The first-order chi connectivity index (χ1) is 10.8. The highest BCUT2D eigenvalue weighted by atomic mass is 16.5. The van der Waals surface area contributed by atoms with Gasteiger partial charge in [0.15, 0.2) is 11.8 Å². The Morgan fingerprint density at radius 2 is 2.09 bits per heavy atom. The zero-order valence-corrected chi connectivity index (χ0v) is 14.8. The number of ether oxygens (including phenoxy) is 1. The molecule has 0 saturated carbocycles. The Balaban J connectivity index is 2.00. The second kappa shape index (κ2) is 6.81. The van der Waals surface area contributed by atoms with Crippen LogP contribution in [0.25, 0.3) is 0 Å². The molecule has 2 N–H and O–H groups in total. The van der Waals surface area contributed by atoms with Crippen molar-refractivity contribution in [2.24, 2.45) is 16.6 Å². The Morgan fingerprint density at radius 1 is 1.48 bits per heavy atom. The number of nitrogens with two attached hydrogens (primary N) is 1. The van der Waals surface area contributed by atoms with E-state index in [0.29, 0.717) is 24.4 Å². The van der Waals surface area contributed by atoms with Crippen molar-refractivity contribution >= 4 is 11.9 Å². The van der Waals surface area contributed by atoms with Gasteiger partial charge in [-0.2, -0.15) is 0 Å². The molecule has 1 fully saturated rings. The van der Waals surface area contributed by atoms with Crippen molar-refractivity contribution in [1.29, 1.82) is 0 Å². The molecule has 2 aliphatic rings. The number of carbonyl (C=O) groups excluding carboxylic acids is 1. The van der Waals surface area contributed by atoms with Gasteiger partial charge < -0.3 is 15.4 Å². The molecule has 0 spiro atoms. The Labute approximate surface area is 139 Å². The van der Waals surface area contributed by atoms with E-state index in [0.717, 1.165) is 32.4 Å². The molecule has 2 heterocycles. The van der Waals surface area contributed by atoms with Crippen LogP contribution in [0.4, 0.5) is 0 Å². The fourth-order valence-electron chi connectivity index (χ4n) is 3.63. The lowest BCUT2D eigenvalue weighted by molar-refractivity contribution is -0.133. The summed E-state index contributed by atoms with van der Waals surface area (Å²) >= 11 is 0. The summed E-state index contributed by atoms with van der Waals surface area (Å²) < 4.78 is 5.46. The highest BCUT2D eigenvalue weighted by Crippen LogP contribution is 2.32. The first-order valence-electron chi connectivity index (χ1n) is 8.54. The third-order valence-corrected chi connectivity index (χ3v) is 4.59. The van der Waals surface area contributed by atoms with Crippen LogP contribution in [0, 0.1) is 5.92 Å². The van der Waals surface area contributed by atoms with Crippen LogP contribution in [0.1, 0.15) is 47.0 Å². The third-order valence-electron chi connectivity index (χ3n) is 4.59. The molecular weight excluding hydrogens is 292 g/mol. The molecule has 130 valence electrons. The molecule has 23 heavy (non-hydrogen) atoms. The van der Waals surface area contributed by atoms with Crippen molar-refractivity contribution < 1.29 is 9.53 Å². The molecule has 1 saturated heterocycles. The number of carbonyl (C=O) groups is 1. The van der Waals surface area contributed by atoms with Crippen molar-refractivity contribution in [3.05, 3.63) is 12.5 Å². The summed E-state index contributed by atoms with van der Waals surface area (Å²) in [5, 5.41) is 0.